The number of benzene rings is 1. The van der Waals surface area contributed by atoms with Gasteiger partial charge in [-0.1, -0.05) is 12.1 Å². The first kappa shape index (κ1) is 14.1. The molecule has 6 heteroatoms. The van der Waals surface area contributed by atoms with E-state index in [0.29, 0.717) is 0 Å². The molecule has 0 aliphatic rings. The van der Waals surface area contributed by atoms with Crippen LogP contribution in [0.2, 0.25) is 0 Å². The Hall–Kier alpha value is -1.98. The van der Waals surface area contributed by atoms with Crippen LogP contribution in [0.3, 0.4) is 0 Å². The maximum absolute atomic E-state index is 12.4. The molecule has 0 heterocycles. The first-order valence-corrected chi connectivity index (χ1v) is 5.02. The Morgan fingerprint density at radius 2 is 2.17 bits per heavy atom. The third-order valence-electron chi connectivity index (χ3n) is 2.10. The number of carbonyl (C=O) groups is 1. The first-order valence-electron chi connectivity index (χ1n) is 5.02. The fourth-order valence-corrected chi connectivity index (χ4v) is 1.26. The highest BCUT2D eigenvalue weighted by molar-refractivity contribution is 5.73. The molecule has 0 fully saturated rings. The average molecular weight is 260 g/mol. The summed E-state index contributed by atoms with van der Waals surface area (Å²) in [6.45, 7) is 3.36. The lowest BCUT2D eigenvalue weighted by Crippen LogP contribution is -2.26. The Kier molecular flexibility index (Phi) is 4.36. The van der Waals surface area contributed by atoms with Crippen molar-refractivity contribution in [3.05, 3.63) is 42.5 Å². The lowest BCUT2D eigenvalue weighted by atomic mass is 10.2. The molecule has 0 aliphatic heterocycles. The van der Waals surface area contributed by atoms with Crippen molar-refractivity contribution in [2.45, 2.75) is 18.7 Å². The van der Waals surface area contributed by atoms with Crippen LogP contribution >= 0.6 is 0 Å². The standard InChI is InChI=1S/C12H11F3O3/c1-2-4-10(11(16)17)18-9-6-3-5-8(7-9)12(13,14)15/h2-3,5-7,10H,1,4H2,(H,16,17). The van der Waals surface area contributed by atoms with E-state index in [4.69, 9.17) is 9.84 Å². The molecule has 1 rings (SSSR count). The zero-order valence-electron chi connectivity index (χ0n) is 9.28. The van der Waals surface area contributed by atoms with E-state index < -0.39 is 23.8 Å². The quantitative estimate of drug-likeness (QED) is 0.827. The van der Waals surface area contributed by atoms with E-state index in [1.807, 2.05) is 0 Å². The molecule has 0 bridgehead atoms. The summed E-state index contributed by atoms with van der Waals surface area (Å²) in [6, 6.07) is 4.08. The van der Waals surface area contributed by atoms with Gasteiger partial charge >= 0.3 is 12.1 Å². The second-order valence-corrected chi connectivity index (χ2v) is 3.49. The molecule has 1 unspecified atom stereocenters. The molecule has 0 amide bonds. The number of carboxylic acids is 1. The van der Waals surface area contributed by atoms with Crippen LogP contribution in [-0.4, -0.2) is 17.2 Å². The summed E-state index contributed by atoms with van der Waals surface area (Å²) < 4.78 is 42.3. The van der Waals surface area contributed by atoms with Crippen LogP contribution in [0, 0.1) is 0 Å². The van der Waals surface area contributed by atoms with Gasteiger partial charge < -0.3 is 9.84 Å². The SMILES string of the molecule is C=CCC(Oc1cccc(C(F)(F)F)c1)C(=O)O. The zero-order chi connectivity index (χ0) is 13.8. The van der Waals surface area contributed by atoms with Crippen molar-refractivity contribution in [2.75, 3.05) is 0 Å². The zero-order valence-corrected chi connectivity index (χ0v) is 9.28. The molecule has 3 nitrogen and oxygen atoms in total. The van der Waals surface area contributed by atoms with E-state index in [1.165, 1.54) is 12.1 Å². The van der Waals surface area contributed by atoms with Crippen molar-refractivity contribution < 1.29 is 27.8 Å². The molecule has 1 N–H and O–H groups in total. The average Bonchev–Trinajstić information content (AvgIpc) is 2.27. The third-order valence-corrected chi connectivity index (χ3v) is 2.10. The summed E-state index contributed by atoms with van der Waals surface area (Å²) in [5.74, 6) is -1.40. The first-order chi connectivity index (χ1) is 8.34. The number of hydrogen-bond acceptors (Lipinski definition) is 2. The van der Waals surface area contributed by atoms with E-state index in [1.54, 1.807) is 0 Å². The minimum atomic E-state index is -4.49. The lowest BCUT2D eigenvalue weighted by Gasteiger charge is -2.14. The van der Waals surface area contributed by atoms with Crippen molar-refractivity contribution in [1.82, 2.24) is 0 Å². The molecule has 0 saturated heterocycles. The molecular weight excluding hydrogens is 249 g/mol. The molecule has 0 radical (unpaired) electrons. The Labute approximate surface area is 101 Å². The second-order valence-electron chi connectivity index (χ2n) is 3.49. The van der Waals surface area contributed by atoms with Crippen LogP contribution in [0.15, 0.2) is 36.9 Å². The summed E-state index contributed by atoms with van der Waals surface area (Å²) in [5, 5.41) is 8.80. The van der Waals surface area contributed by atoms with Crippen LogP contribution < -0.4 is 4.74 Å². The number of carboxylic acid groups (broad SMARTS) is 1. The minimum absolute atomic E-state index is 0.00553. The van der Waals surface area contributed by atoms with Gasteiger partial charge in [-0.05, 0) is 18.2 Å². The Morgan fingerprint density at radius 3 is 2.67 bits per heavy atom. The largest absolute Gasteiger partial charge is 0.478 e. The fraction of sp³-hybridized carbons (Fsp3) is 0.250. The molecule has 0 saturated carbocycles. The van der Waals surface area contributed by atoms with Crippen LogP contribution in [0.4, 0.5) is 13.2 Å². The van der Waals surface area contributed by atoms with Gasteiger partial charge in [-0.25, -0.2) is 4.79 Å². The van der Waals surface area contributed by atoms with Crippen molar-refractivity contribution in [3.8, 4) is 5.75 Å². The van der Waals surface area contributed by atoms with Gasteiger partial charge in [-0.15, -0.1) is 6.58 Å². The number of hydrogen-bond donors (Lipinski definition) is 1. The van der Waals surface area contributed by atoms with Gasteiger partial charge in [0.15, 0.2) is 6.10 Å². The molecular formula is C12H11F3O3. The summed E-state index contributed by atoms with van der Waals surface area (Å²) >= 11 is 0. The number of ether oxygens (including phenoxy) is 1. The van der Waals surface area contributed by atoms with Gasteiger partial charge in [0.1, 0.15) is 5.75 Å². The van der Waals surface area contributed by atoms with Crippen molar-refractivity contribution >= 4 is 5.97 Å². The van der Waals surface area contributed by atoms with Crippen molar-refractivity contribution in [3.63, 3.8) is 0 Å². The van der Waals surface area contributed by atoms with Gasteiger partial charge in [-0.3, -0.25) is 0 Å². The molecule has 0 spiro atoms. The molecule has 1 aromatic rings. The highest BCUT2D eigenvalue weighted by Crippen LogP contribution is 2.31. The van der Waals surface area contributed by atoms with Gasteiger partial charge in [0.2, 0.25) is 0 Å². The predicted molar refractivity (Wildman–Crippen MR) is 58.3 cm³/mol. The molecule has 1 atom stereocenters. The molecule has 98 valence electrons. The Balaban J connectivity index is 2.90. The monoisotopic (exact) mass is 260 g/mol. The van der Waals surface area contributed by atoms with Crippen LogP contribution in [-0.2, 0) is 11.0 Å². The lowest BCUT2D eigenvalue weighted by molar-refractivity contribution is -0.144. The molecule has 0 aromatic heterocycles. The number of alkyl halides is 3. The predicted octanol–water partition coefficient (Wildman–Crippen LogP) is 3.11. The number of aliphatic carboxylic acids is 1. The second kappa shape index (κ2) is 5.57. The van der Waals surface area contributed by atoms with E-state index >= 15 is 0 Å². The van der Waals surface area contributed by atoms with E-state index in [-0.39, 0.29) is 12.2 Å². The van der Waals surface area contributed by atoms with E-state index in [2.05, 4.69) is 6.58 Å². The summed E-state index contributed by atoms with van der Waals surface area (Å²) in [7, 11) is 0. The molecule has 1 aromatic carbocycles. The summed E-state index contributed by atoms with van der Waals surface area (Å²) in [4.78, 5) is 10.8. The van der Waals surface area contributed by atoms with Gasteiger partial charge in [0, 0.05) is 6.42 Å². The van der Waals surface area contributed by atoms with Crippen LogP contribution in [0.1, 0.15) is 12.0 Å². The van der Waals surface area contributed by atoms with Crippen molar-refractivity contribution in [1.29, 1.82) is 0 Å². The number of halogens is 3. The molecule has 18 heavy (non-hydrogen) atoms. The van der Waals surface area contributed by atoms with Crippen molar-refractivity contribution in [2.24, 2.45) is 0 Å². The molecule has 0 aliphatic carbocycles. The van der Waals surface area contributed by atoms with E-state index in [9.17, 15) is 18.0 Å². The fourth-order valence-electron chi connectivity index (χ4n) is 1.26. The Morgan fingerprint density at radius 1 is 1.50 bits per heavy atom. The van der Waals surface area contributed by atoms with Gasteiger partial charge in [0.25, 0.3) is 0 Å². The number of rotatable bonds is 5. The van der Waals surface area contributed by atoms with Crippen LogP contribution in [0.25, 0.3) is 0 Å². The topological polar surface area (TPSA) is 46.5 Å². The Bertz CT molecular complexity index is 440. The van der Waals surface area contributed by atoms with Gasteiger partial charge in [-0.2, -0.15) is 13.2 Å². The van der Waals surface area contributed by atoms with Gasteiger partial charge in [0.05, 0.1) is 5.56 Å². The normalized spacial score (nSPS) is 12.8. The highest BCUT2D eigenvalue weighted by atomic mass is 19.4. The smallest absolute Gasteiger partial charge is 0.416 e. The highest BCUT2D eigenvalue weighted by Gasteiger charge is 2.31. The maximum Gasteiger partial charge on any atom is 0.416 e. The third kappa shape index (κ3) is 3.80. The van der Waals surface area contributed by atoms with Crippen LogP contribution in [0.5, 0.6) is 5.75 Å². The van der Waals surface area contributed by atoms with E-state index in [0.717, 1.165) is 18.2 Å². The summed E-state index contributed by atoms with van der Waals surface area (Å²) in [6.07, 6.45) is -4.40. The maximum atomic E-state index is 12.4. The summed E-state index contributed by atoms with van der Waals surface area (Å²) in [5.41, 5.74) is -0.886. The minimum Gasteiger partial charge on any atom is -0.478 e.